The SMILES string of the molecule is Cc1nnn(C)c1-c1cnc2c3ccc(CO)cc3n(C(c3ccccc3)C3CCOCC3)c2c1. The molecule has 1 N–H and O–H groups in total. The molecule has 2 aromatic carbocycles. The van der Waals surface area contributed by atoms with Crippen molar-refractivity contribution in [3.8, 4) is 11.3 Å². The van der Waals surface area contributed by atoms with Crippen LogP contribution in [0.25, 0.3) is 33.2 Å². The van der Waals surface area contributed by atoms with E-state index in [2.05, 4.69) is 63.4 Å². The number of hydrogen-bond donors (Lipinski definition) is 1. The highest BCUT2D eigenvalue weighted by molar-refractivity contribution is 6.07. The number of fused-ring (bicyclic) bond motifs is 3. The van der Waals surface area contributed by atoms with Crippen LogP contribution in [0.2, 0.25) is 0 Å². The van der Waals surface area contributed by atoms with Crippen LogP contribution in [0.5, 0.6) is 0 Å². The summed E-state index contributed by atoms with van der Waals surface area (Å²) in [5, 5.41) is 19.5. The van der Waals surface area contributed by atoms with E-state index in [4.69, 9.17) is 9.72 Å². The molecule has 1 unspecified atom stereocenters. The summed E-state index contributed by atoms with van der Waals surface area (Å²) >= 11 is 0. The van der Waals surface area contributed by atoms with Gasteiger partial charge in [0.05, 0.1) is 40.6 Å². The Morgan fingerprint density at radius 2 is 1.86 bits per heavy atom. The van der Waals surface area contributed by atoms with E-state index in [9.17, 15) is 5.11 Å². The van der Waals surface area contributed by atoms with Crippen molar-refractivity contribution >= 4 is 21.9 Å². The van der Waals surface area contributed by atoms with Crippen molar-refractivity contribution in [1.29, 1.82) is 0 Å². The molecule has 4 heterocycles. The first-order valence-electron chi connectivity index (χ1n) is 12.2. The number of ether oxygens (including phenoxy) is 1. The molecule has 0 aliphatic carbocycles. The van der Waals surface area contributed by atoms with E-state index in [0.29, 0.717) is 5.92 Å². The summed E-state index contributed by atoms with van der Waals surface area (Å²) in [5.74, 6) is 0.423. The first-order chi connectivity index (χ1) is 17.2. The van der Waals surface area contributed by atoms with Gasteiger partial charge in [0.25, 0.3) is 0 Å². The molecule has 0 saturated carbocycles. The quantitative estimate of drug-likeness (QED) is 0.402. The van der Waals surface area contributed by atoms with Crippen LogP contribution < -0.4 is 0 Å². The second-order valence-corrected chi connectivity index (χ2v) is 9.42. The maximum Gasteiger partial charge on any atom is 0.0960 e. The zero-order valence-corrected chi connectivity index (χ0v) is 20.1. The number of hydrogen-bond acceptors (Lipinski definition) is 5. The first-order valence-corrected chi connectivity index (χ1v) is 12.2. The van der Waals surface area contributed by atoms with E-state index >= 15 is 0 Å². The van der Waals surface area contributed by atoms with Crippen molar-refractivity contribution < 1.29 is 9.84 Å². The largest absolute Gasteiger partial charge is 0.392 e. The summed E-state index contributed by atoms with van der Waals surface area (Å²) < 4.78 is 9.99. The molecule has 1 aliphatic heterocycles. The van der Waals surface area contributed by atoms with Crippen molar-refractivity contribution in [3.05, 3.63) is 77.6 Å². The van der Waals surface area contributed by atoms with Gasteiger partial charge in [-0.3, -0.25) is 4.98 Å². The summed E-state index contributed by atoms with van der Waals surface area (Å²) in [7, 11) is 1.91. The van der Waals surface area contributed by atoms with Gasteiger partial charge in [0.2, 0.25) is 0 Å². The Morgan fingerprint density at radius 3 is 2.57 bits per heavy atom. The highest BCUT2D eigenvalue weighted by Crippen LogP contribution is 2.41. The fraction of sp³-hybridized carbons (Fsp3) is 0.321. The minimum absolute atomic E-state index is 0.00327. The number of aromatic nitrogens is 5. The number of pyridine rings is 1. The van der Waals surface area contributed by atoms with Gasteiger partial charge in [-0.15, -0.1) is 5.10 Å². The predicted octanol–water partition coefficient (Wildman–Crippen LogP) is 4.80. The molecule has 0 amide bonds. The van der Waals surface area contributed by atoms with Crippen molar-refractivity contribution in [2.75, 3.05) is 13.2 Å². The molecule has 0 radical (unpaired) electrons. The lowest BCUT2D eigenvalue weighted by molar-refractivity contribution is 0.0553. The lowest BCUT2D eigenvalue weighted by Crippen LogP contribution is -2.26. The van der Waals surface area contributed by atoms with Gasteiger partial charge in [-0.1, -0.05) is 47.7 Å². The first kappa shape index (κ1) is 21.9. The third-order valence-electron chi connectivity index (χ3n) is 7.29. The van der Waals surface area contributed by atoms with Gasteiger partial charge < -0.3 is 14.4 Å². The summed E-state index contributed by atoms with van der Waals surface area (Å²) in [6.07, 6.45) is 3.92. The number of aliphatic hydroxyl groups is 1. The minimum atomic E-state index is 0.00327. The lowest BCUT2D eigenvalue weighted by atomic mass is 9.86. The van der Waals surface area contributed by atoms with E-state index in [1.54, 1.807) is 0 Å². The Hall–Kier alpha value is -3.55. The molecule has 3 aromatic heterocycles. The number of benzene rings is 2. The van der Waals surface area contributed by atoms with Crippen LogP contribution in [0.3, 0.4) is 0 Å². The Labute approximate surface area is 204 Å². The standard InChI is InChI=1S/C28H29N5O2/c1-18-27(32(2)31-30-18)22-15-25-26(29-16-22)23-9-8-19(17-34)14-24(23)33(25)28(20-6-4-3-5-7-20)21-10-12-35-13-11-21/h3-9,14-16,21,28,34H,10-13,17H2,1-2H3. The molecule has 0 bridgehead atoms. The maximum atomic E-state index is 9.94. The number of nitrogens with zero attached hydrogens (tertiary/aromatic N) is 5. The Bertz CT molecular complexity index is 1480. The number of rotatable bonds is 5. The van der Waals surface area contributed by atoms with Crippen LogP contribution in [-0.2, 0) is 18.4 Å². The summed E-state index contributed by atoms with van der Waals surface area (Å²) in [6, 6.07) is 19.3. The summed E-state index contributed by atoms with van der Waals surface area (Å²) in [5.41, 5.74) is 8.15. The van der Waals surface area contributed by atoms with Gasteiger partial charge in [-0.2, -0.15) is 0 Å². The molecule has 5 aromatic rings. The second kappa shape index (κ2) is 8.91. The zero-order chi connectivity index (χ0) is 23.9. The highest BCUT2D eigenvalue weighted by atomic mass is 16.5. The highest BCUT2D eigenvalue weighted by Gasteiger charge is 2.30. The van der Waals surface area contributed by atoms with E-state index < -0.39 is 0 Å². The van der Waals surface area contributed by atoms with Crippen LogP contribution in [0.4, 0.5) is 0 Å². The smallest absolute Gasteiger partial charge is 0.0960 e. The van der Waals surface area contributed by atoms with Gasteiger partial charge in [-0.05, 0) is 48.9 Å². The summed E-state index contributed by atoms with van der Waals surface area (Å²) in [4.78, 5) is 4.97. The molecule has 178 valence electrons. The Balaban J connectivity index is 1.68. The average molecular weight is 468 g/mol. The topological polar surface area (TPSA) is 78.0 Å². The molecule has 1 aliphatic rings. The molecular weight excluding hydrogens is 438 g/mol. The number of aliphatic hydroxyl groups excluding tert-OH is 1. The predicted molar refractivity (Wildman–Crippen MR) is 136 cm³/mol. The molecular formula is C28H29N5O2. The second-order valence-electron chi connectivity index (χ2n) is 9.42. The number of aryl methyl sites for hydroxylation is 2. The van der Waals surface area contributed by atoms with E-state index in [-0.39, 0.29) is 12.6 Å². The molecule has 7 heteroatoms. The lowest BCUT2D eigenvalue weighted by Gasteiger charge is -2.33. The normalized spacial score (nSPS) is 15.7. The fourth-order valence-electron chi connectivity index (χ4n) is 5.65. The van der Waals surface area contributed by atoms with Crippen LogP contribution >= 0.6 is 0 Å². The third-order valence-corrected chi connectivity index (χ3v) is 7.29. The van der Waals surface area contributed by atoms with E-state index in [1.807, 2.05) is 30.9 Å². The van der Waals surface area contributed by atoms with Crippen molar-refractivity contribution in [2.24, 2.45) is 13.0 Å². The molecule has 35 heavy (non-hydrogen) atoms. The Kier molecular flexibility index (Phi) is 5.59. The van der Waals surface area contributed by atoms with Crippen molar-refractivity contribution in [1.82, 2.24) is 24.5 Å². The molecule has 0 spiro atoms. The van der Waals surface area contributed by atoms with Crippen LogP contribution in [-0.4, -0.2) is 42.9 Å². The molecule has 1 saturated heterocycles. The van der Waals surface area contributed by atoms with Crippen LogP contribution in [0.1, 0.15) is 35.7 Å². The molecule has 6 rings (SSSR count). The van der Waals surface area contributed by atoms with Crippen molar-refractivity contribution in [3.63, 3.8) is 0 Å². The van der Waals surface area contributed by atoms with Gasteiger partial charge >= 0.3 is 0 Å². The Morgan fingerprint density at radius 1 is 1.06 bits per heavy atom. The maximum absolute atomic E-state index is 9.94. The molecule has 7 nitrogen and oxygen atoms in total. The van der Waals surface area contributed by atoms with Gasteiger partial charge in [-0.25, -0.2) is 4.68 Å². The van der Waals surface area contributed by atoms with Gasteiger partial charge in [0.1, 0.15) is 0 Å². The van der Waals surface area contributed by atoms with Crippen molar-refractivity contribution in [2.45, 2.75) is 32.4 Å². The monoisotopic (exact) mass is 467 g/mol. The van der Waals surface area contributed by atoms with Crippen LogP contribution in [0.15, 0.2) is 60.8 Å². The van der Waals surface area contributed by atoms with Gasteiger partial charge in [0, 0.05) is 37.4 Å². The minimum Gasteiger partial charge on any atom is -0.392 e. The molecule has 1 atom stereocenters. The van der Waals surface area contributed by atoms with E-state index in [0.717, 1.165) is 70.5 Å². The fourth-order valence-corrected chi connectivity index (χ4v) is 5.65. The molecule has 1 fully saturated rings. The van der Waals surface area contributed by atoms with E-state index in [1.165, 1.54) is 5.56 Å². The summed E-state index contributed by atoms with van der Waals surface area (Å²) in [6.45, 7) is 3.53. The van der Waals surface area contributed by atoms with Gasteiger partial charge in [0.15, 0.2) is 0 Å². The third kappa shape index (κ3) is 3.72. The zero-order valence-electron chi connectivity index (χ0n) is 20.1. The van der Waals surface area contributed by atoms with Crippen LogP contribution in [0, 0.1) is 12.8 Å². The average Bonchev–Trinajstić information content (AvgIpc) is 3.41.